The third-order valence-corrected chi connectivity index (χ3v) is 5.81. The minimum Gasteiger partial charge on any atom is -0.384 e. The van der Waals surface area contributed by atoms with Crippen LogP contribution in [0.2, 0.25) is 0 Å². The van der Waals surface area contributed by atoms with Gasteiger partial charge in [-0.25, -0.2) is 21.6 Å². The lowest BCUT2D eigenvalue weighted by atomic mass is 10.3. The predicted molar refractivity (Wildman–Crippen MR) is 81.7 cm³/mol. The first-order valence-electron chi connectivity index (χ1n) is 6.84. The number of sulfone groups is 1. The lowest BCUT2D eigenvalue weighted by Crippen LogP contribution is -2.27. The number of sulfonamides is 1. The summed E-state index contributed by atoms with van der Waals surface area (Å²) in [5, 5.41) is 3.03. The maximum Gasteiger partial charge on any atom is 0.242 e. The van der Waals surface area contributed by atoms with Crippen LogP contribution in [-0.2, 0) is 19.9 Å². The molecule has 1 aromatic carbocycles. The molecular weight excluding hydrogens is 312 g/mol. The molecule has 0 unspecified atom stereocenters. The first-order chi connectivity index (χ1) is 9.74. The van der Waals surface area contributed by atoms with E-state index < -0.39 is 19.9 Å². The van der Waals surface area contributed by atoms with Gasteiger partial charge < -0.3 is 5.32 Å². The van der Waals surface area contributed by atoms with Gasteiger partial charge in [0.15, 0.2) is 9.84 Å². The SMILES string of the molecule is CCCNc1ccc(S(C)(=O)=O)cc1S(=O)(=O)NC1CC1. The third kappa shape index (κ3) is 4.18. The van der Waals surface area contributed by atoms with Crippen molar-refractivity contribution in [2.24, 2.45) is 0 Å². The maximum atomic E-state index is 12.4. The van der Waals surface area contributed by atoms with E-state index >= 15 is 0 Å². The Labute approximate surface area is 125 Å². The van der Waals surface area contributed by atoms with E-state index in [4.69, 9.17) is 0 Å². The van der Waals surface area contributed by atoms with Gasteiger partial charge >= 0.3 is 0 Å². The summed E-state index contributed by atoms with van der Waals surface area (Å²) in [5.41, 5.74) is 0.428. The second kappa shape index (κ2) is 5.94. The van der Waals surface area contributed by atoms with Crippen molar-refractivity contribution in [1.82, 2.24) is 4.72 Å². The summed E-state index contributed by atoms with van der Waals surface area (Å²) in [6, 6.07) is 4.12. The van der Waals surface area contributed by atoms with Gasteiger partial charge in [0.1, 0.15) is 4.90 Å². The molecule has 118 valence electrons. The Morgan fingerprint density at radius 2 is 1.86 bits per heavy atom. The fourth-order valence-corrected chi connectivity index (χ4v) is 4.08. The molecule has 1 aliphatic rings. The molecule has 0 bridgehead atoms. The molecule has 0 heterocycles. The lowest BCUT2D eigenvalue weighted by molar-refractivity contribution is 0.581. The Hall–Kier alpha value is -1.12. The highest BCUT2D eigenvalue weighted by Gasteiger charge is 2.30. The Bertz CT molecular complexity index is 723. The molecule has 2 N–H and O–H groups in total. The van der Waals surface area contributed by atoms with Gasteiger partial charge in [0.25, 0.3) is 0 Å². The van der Waals surface area contributed by atoms with E-state index in [2.05, 4.69) is 10.0 Å². The average Bonchev–Trinajstić information content (AvgIpc) is 3.18. The van der Waals surface area contributed by atoms with Crippen LogP contribution in [0.1, 0.15) is 26.2 Å². The van der Waals surface area contributed by atoms with E-state index in [1.807, 2.05) is 6.92 Å². The second-order valence-electron chi connectivity index (χ2n) is 5.25. The van der Waals surface area contributed by atoms with Crippen LogP contribution < -0.4 is 10.0 Å². The van der Waals surface area contributed by atoms with Crippen LogP contribution in [0.5, 0.6) is 0 Å². The van der Waals surface area contributed by atoms with Crippen molar-refractivity contribution < 1.29 is 16.8 Å². The van der Waals surface area contributed by atoms with Crippen molar-refractivity contribution in [3.05, 3.63) is 18.2 Å². The third-order valence-electron chi connectivity index (χ3n) is 3.14. The Morgan fingerprint density at radius 1 is 1.19 bits per heavy atom. The van der Waals surface area contributed by atoms with Crippen LogP contribution in [0.4, 0.5) is 5.69 Å². The highest BCUT2D eigenvalue weighted by atomic mass is 32.2. The van der Waals surface area contributed by atoms with E-state index in [0.29, 0.717) is 12.2 Å². The summed E-state index contributed by atoms with van der Waals surface area (Å²) >= 11 is 0. The molecule has 0 atom stereocenters. The molecule has 1 saturated carbocycles. The molecule has 1 fully saturated rings. The van der Waals surface area contributed by atoms with E-state index in [1.54, 1.807) is 0 Å². The largest absolute Gasteiger partial charge is 0.384 e. The van der Waals surface area contributed by atoms with Crippen molar-refractivity contribution in [3.63, 3.8) is 0 Å². The van der Waals surface area contributed by atoms with Crippen molar-refractivity contribution in [1.29, 1.82) is 0 Å². The minimum atomic E-state index is -3.72. The van der Waals surface area contributed by atoms with Crippen LogP contribution in [0.15, 0.2) is 28.0 Å². The Balaban J connectivity index is 2.46. The maximum absolute atomic E-state index is 12.4. The molecule has 0 spiro atoms. The highest BCUT2D eigenvalue weighted by Crippen LogP contribution is 2.28. The van der Waals surface area contributed by atoms with Crippen LogP contribution in [-0.4, -0.2) is 35.7 Å². The first kappa shape index (κ1) is 16.3. The molecule has 21 heavy (non-hydrogen) atoms. The van der Waals surface area contributed by atoms with Gasteiger partial charge in [-0.15, -0.1) is 0 Å². The summed E-state index contributed by atoms with van der Waals surface area (Å²) in [4.78, 5) is -0.00787. The van der Waals surface area contributed by atoms with Gasteiger partial charge in [-0.1, -0.05) is 6.92 Å². The van der Waals surface area contributed by atoms with Crippen molar-refractivity contribution in [2.75, 3.05) is 18.1 Å². The highest BCUT2D eigenvalue weighted by molar-refractivity contribution is 7.91. The van der Waals surface area contributed by atoms with Crippen LogP contribution >= 0.6 is 0 Å². The number of rotatable bonds is 7. The topological polar surface area (TPSA) is 92.3 Å². The van der Waals surface area contributed by atoms with Gasteiger partial charge in [0.05, 0.1) is 10.6 Å². The zero-order valence-electron chi connectivity index (χ0n) is 12.1. The van der Waals surface area contributed by atoms with Crippen LogP contribution in [0, 0.1) is 0 Å². The zero-order chi connectivity index (χ0) is 15.7. The Morgan fingerprint density at radius 3 is 2.38 bits per heavy atom. The zero-order valence-corrected chi connectivity index (χ0v) is 13.7. The summed E-state index contributed by atoms with van der Waals surface area (Å²) in [7, 11) is -7.17. The van der Waals surface area contributed by atoms with Crippen molar-refractivity contribution >= 4 is 25.5 Å². The molecule has 0 aliphatic heterocycles. The minimum absolute atomic E-state index is 0.000667. The summed E-state index contributed by atoms with van der Waals surface area (Å²) in [6.45, 7) is 2.58. The van der Waals surface area contributed by atoms with Gasteiger partial charge in [-0.2, -0.15) is 0 Å². The molecule has 1 aromatic rings. The monoisotopic (exact) mass is 332 g/mol. The lowest BCUT2D eigenvalue weighted by Gasteiger charge is -2.14. The number of hydrogen-bond donors (Lipinski definition) is 2. The summed E-state index contributed by atoms with van der Waals surface area (Å²) in [5.74, 6) is 0. The second-order valence-corrected chi connectivity index (χ2v) is 8.95. The Kier molecular flexibility index (Phi) is 4.60. The quantitative estimate of drug-likeness (QED) is 0.786. The van der Waals surface area contributed by atoms with Gasteiger partial charge in [0.2, 0.25) is 10.0 Å². The van der Waals surface area contributed by atoms with E-state index in [-0.39, 0.29) is 15.8 Å². The molecule has 0 radical (unpaired) electrons. The number of hydrogen-bond acceptors (Lipinski definition) is 5. The average molecular weight is 332 g/mol. The van der Waals surface area contributed by atoms with E-state index in [0.717, 1.165) is 25.5 Å². The normalized spacial score (nSPS) is 15.9. The molecule has 1 aliphatic carbocycles. The summed E-state index contributed by atoms with van der Waals surface area (Å²) in [6.07, 6.45) is 3.54. The van der Waals surface area contributed by atoms with E-state index in [1.165, 1.54) is 18.2 Å². The van der Waals surface area contributed by atoms with Gasteiger partial charge in [-0.3, -0.25) is 0 Å². The van der Waals surface area contributed by atoms with E-state index in [9.17, 15) is 16.8 Å². The molecule has 0 amide bonds. The number of anilines is 1. The fourth-order valence-electron chi connectivity index (χ4n) is 1.85. The summed E-state index contributed by atoms with van der Waals surface area (Å²) < 4.78 is 50.7. The van der Waals surface area contributed by atoms with Crippen LogP contribution in [0.25, 0.3) is 0 Å². The molecule has 0 aromatic heterocycles. The molecule has 8 heteroatoms. The molecular formula is C13H20N2O4S2. The van der Waals surface area contributed by atoms with Gasteiger partial charge in [-0.05, 0) is 37.5 Å². The molecule has 2 rings (SSSR count). The first-order valence-corrected chi connectivity index (χ1v) is 10.2. The smallest absolute Gasteiger partial charge is 0.242 e. The molecule has 0 saturated heterocycles. The van der Waals surface area contributed by atoms with Crippen molar-refractivity contribution in [3.8, 4) is 0 Å². The molecule has 6 nitrogen and oxygen atoms in total. The number of nitrogens with one attached hydrogen (secondary N) is 2. The van der Waals surface area contributed by atoms with Gasteiger partial charge in [0, 0.05) is 18.8 Å². The number of benzene rings is 1. The predicted octanol–water partition coefficient (Wildman–Crippen LogP) is 1.35. The standard InChI is InChI=1S/C13H20N2O4S2/c1-3-8-14-12-7-6-11(20(2,16)17)9-13(12)21(18,19)15-10-4-5-10/h6-7,9-10,14-15H,3-5,8H2,1-2H3. The fraction of sp³-hybridized carbons (Fsp3) is 0.538. The van der Waals surface area contributed by atoms with Crippen LogP contribution in [0.3, 0.4) is 0 Å². The van der Waals surface area contributed by atoms with Crippen molar-refractivity contribution in [2.45, 2.75) is 42.0 Å².